The first-order chi connectivity index (χ1) is 7.41. The van der Waals surface area contributed by atoms with Gasteiger partial charge in [-0.05, 0) is 25.1 Å². The number of rotatable bonds is 3. The molecule has 1 amide bonds. The van der Waals surface area contributed by atoms with E-state index >= 15 is 0 Å². The van der Waals surface area contributed by atoms with E-state index in [0.29, 0.717) is 5.56 Å². The maximum atomic E-state index is 13.4. The number of nitrogens with two attached hydrogens (primary N) is 1. The molecule has 16 heavy (non-hydrogen) atoms. The van der Waals surface area contributed by atoms with Gasteiger partial charge in [0.2, 0.25) is 5.91 Å². The van der Waals surface area contributed by atoms with E-state index in [2.05, 4.69) is 15.9 Å². The molecule has 0 saturated heterocycles. The molecule has 0 aliphatic carbocycles. The fraction of sp³-hybridized carbons (Fsp3) is 0.364. The molecule has 0 heterocycles. The topological polar surface area (TPSA) is 46.3 Å². The van der Waals surface area contributed by atoms with Crippen LogP contribution in [-0.4, -0.2) is 23.9 Å². The molecular formula is C11H14BrFN2O. The Bertz CT molecular complexity index is 396. The average Bonchev–Trinajstić information content (AvgIpc) is 2.22. The minimum atomic E-state index is -0.569. The van der Waals surface area contributed by atoms with Crippen molar-refractivity contribution in [3.05, 3.63) is 34.1 Å². The third-order valence-corrected chi connectivity index (χ3v) is 2.67. The van der Waals surface area contributed by atoms with Gasteiger partial charge in [-0.3, -0.25) is 4.79 Å². The molecule has 0 aromatic heterocycles. The van der Waals surface area contributed by atoms with Crippen molar-refractivity contribution in [3.8, 4) is 0 Å². The molecule has 0 saturated carbocycles. The molecule has 5 heteroatoms. The number of amides is 1. The van der Waals surface area contributed by atoms with E-state index in [9.17, 15) is 9.18 Å². The highest BCUT2D eigenvalue weighted by Gasteiger charge is 2.15. The van der Waals surface area contributed by atoms with E-state index < -0.39 is 6.04 Å². The van der Waals surface area contributed by atoms with Crippen molar-refractivity contribution >= 4 is 21.8 Å². The van der Waals surface area contributed by atoms with Crippen LogP contribution < -0.4 is 5.73 Å². The predicted molar refractivity (Wildman–Crippen MR) is 64.2 cm³/mol. The Balaban J connectivity index is 2.80. The van der Waals surface area contributed by atoms with Gasteiger partial charge in [0.25, 0.3) is 0 Å². The van der Waals surface area contributed by atoms with Crippen molar-refractivity contribution in [1.29, 1.82) is 0 Å². The second-order valence-corrected chi connectivity index (χ2v) is 4.63. The molecule has 88 valence electrons. The molecule has 0 bridgehead atoms. The first kappa shape index (κ1) is 13.1. The minimum absolute atomic E-state index is 0.209. The molecule has 1 aromatic rings. The molecule has 1 rings (SSSR count). The summed E-state index contributed by atoms with van der Waals surface area (Å²) in [6.45, 7) is 1.82. The second-order valence-electron chi connectivity index (χ2n) is 3.72. The lowest BCUT2D eigenvalue weighted by atomic mass is 10.2. The summed E-state index contributed by atoms with van der Waals surface area (Å²) in [6, 6.07) is 4.07. The zero-order valence-electron chi connectivity index (χ0n) is 9.21. The number of nitrogens with zero attached hydrogens (tertiary/aromatic N) is 1. The summed E-state index contributed by atoms with van der Waals surface area (Å²) in [5.41, 5.74) is 5.93. The zero-order chi connectivity index (χ0) is 12.3. The molecule has 1 unspecified atom stereocenters. The highest BCUT2D eigenvalue weighted by atomic mass is 79.9. The largest absolute Gasteiger partial charge is 0.340 e. The van der Waals surface area contributed by atoms with Crippen LogP contribution in [0.1, 0.15) is 12.5 Å². The highest BCUT2D eigenvalue weighted by molar-refractivity contribution is 9.10. The van der Waals surface area contributed by atoms with Crippen molar-refractivity contribution in [3.63, 3.8) is 0 Å². The second kappa shape index (κ2) is 5.41. The van der Waals surface area contributed by atoms with Crippen molar-refractivity contribution < 1.29 is 9.18 Å². The molecule has 1 aromatic carbocycles. The number of carbonyl (C=O) groups is 1. The number of benzene rings is 1. The van der Waals surface area contributed by atoms with Gasteiger partial charge in [-0.15, -0.1) is 0 Å². The summed E-state index contributed by atoms with van der Waals surface area (Å²) in [5, 5.41) is 0. The normalized spacial score (nSPS) is 12.3. The fourth-order valence-electron chi connectivity index (χ4n) is 1.35. The average molecular weight is 289 g/mol. The van der Waals surface area contributed by atoms with Gasteiger partial charge in [-0.2, -0.15) is 0 Å². The van der Waals surface area contributed by atoms with Gasteiger partial charge in [0.05, 0.1) is 6.04 Å². The molecule has 0 aliphatic heterocycles. The lowest BCUT2D eigenvalue weighted by molar-refractivity contribution is -0.131. The quantitative estimate of drug-likeness (QED) is 0.923. The van der Waals surface area contributed by atoms with Crippen molar-refractivity contribution in [2.45, 2.75) is 19.5 Å². The van der Waals surface area contributed by atoms with E-state index in [4.69, 9.17) is 5.73 Å². The first-order valence-corrected chi connectivity index (χ1v) is 5.65. The van der Waals surface area contributed by atoms with Crippen LogP contribution >= 0.6 is 15.9 Å². The number of carbonyl (C=O) groups excluding carboxylic acids is 1. The third-order valence-electron chi connectivity index (χ3n) is 2.18. The van der Waals surface area contributed by atoms with Gasteiger partial charge in [-0.25, -0.2) is 4.39 Å². The zero-order valence-corrected chi connectivity index (χ0v) is 10.8. The highest BCUT2D eigenvalue weighted by Crippen LogP contribution is 2.16. The maximum absolute atomic E-state index is 13.4. The molecule has 2 N–H and O–H groups in total. The molecule has 0 radical (unpaired) electrons. The molecule has 3 nitrogen and oxygen atoms in total. The molecule has 1 atom stereocenters. The predicted octanol–water partition coefficient (Wildman–Crippen LogP) is 1.89. The summed E-state index contributed by atoms with van der Waals surface area (Å²) < 4.78 is 14.2. The van der Waals surface area contributed by atoms with E-state index in [1.807, 2.05) is 0 Å². The first-order valence-electron chi connectivity index (χ1n) is 4.86. The molecule has 0 fully saturated rings. The standard InChI is InChI=1S/C11H14BrFN2O/c1-7(14)11(16)15(2)6-8-5-9(12)3-4-10(8)13/h3-5,7H,6,14H2,1-2H3. The van der Waals surface area contributed by atoms with E-state index in [-0.39, 0.29) is 18.3 Å². The Morgan fingerprint density at radius 1 is 1.62 bits per heavy atom. The van der Waals surface area contributed by atoms with Crippen molar-refractivity contribution in [2.24, 2.45) is 5.73 Å². The number of hydrogen-bond donors (Lipinski definition) is 1. The van der Waals surface area contributed by atoms with Crippen LogP contribution in [0.3, 0.4) is 0 Å². The maximum Gasteiger partial charge on any atom is 0.239 e. The number of halogens is 2. The summed E-state index contributed by atoms with van der Waals surface area (Å²) in [7, 11) is 1.60. The molecule has 0 spiro atoms. The van der Waals surface area contributed by atoms with Crippen LogP contribution in [0.2, 0.25) is 0 Å². The Labute approximate surface area is 103 Å². The monoisotopic (exact) mass is 288 g/mol. The summed E-state index contributed by atoms with van der Waals surface area (Å²) in [5.74, 6) is -0.535. The Hall–Kier alpha value is -0.940. The number of hydrogen-bond acceptors (Lipinski definition) is 2. The fourth-order valence-corrected chi connectivity index (χ4v) is 1.75. The summed E-state index contributed by atoms with van der Waals surface area (Å²) in [6.07, 6.45) is 0. The SMILES string of the molecule is CC(N)C(=O)N(C)Cc1cc(Br)ccc1F. The van der Waals surface area contributed by atoms with Crippen LogP contribution in [0.4, 0.5) is 4.39 Å². The molecular weight excluding hydrogens is 275 g/mol. The van der Waals surface area contributed by atoms with Gasteiger partial charge in [0.1, 0.15) is 5.82 Å². The van der Waals surface area contributed by atoms with Crippen LogP contribution in [0, 0.1) is 5.82 Å². The van der Waals surface area contributed by atoms with E-state index in [1.54, 1.807) is 26.1 Å². The van der Waals surface area contributed by atoms with Gasteiger partial charge in [-0.1, -0.05) is 15.9 Å². The van der Waals surface area contributed by atoms with Crippen molar-refractivity contribution in [2.75, 3.05) is 7.05 Å². The van der Waals surface area contributed by atoms with Crippen molar-refractivity contribution in [1.82, 2.24) is 4.90 Å². The lowest BCUT2D eigenvalue weighted by Crippen LogP contribution is -2.39. The Morgan fingerprint density at radius 3 is 2.81 bits per heavy atom. The van der Waals surface area contributed by atoms with Crippen LogP contribution in [0.25, 0.3) is 0 Å². The van der Waals surface area contributed by atoms with Crippen LogP contribution in [0.15, 0.2) is 22.7 Å². The smallest absolute Gasteiger partial charge is 0.239 e. The summed E-state index contributed by atoms with van der Waals surface area (Å²) in [4.78, 5) is 12.9. The van der Waals surface area contributed by atoms with Gasteiger partial charge in [0.15, 0.2) is 0 Å². The minimum Gasteiger partial charge on any atom is -0.340 e. The van der Waals surface area contributed by atoms with Gasteiger partial charge in [0, 0.05) is 23.6 Å². The Morgan fingerprint density at radius 2 is 2.25 bits per heavy atom. The number of likely N-dealkylation sites (N-methyl/N-ethyl adjacent to an activating group) is 1. The lowest BCUT2D eigenvalue weighted by Gasteiger charge is -2.19. The molecule has 0 aliphatic rings. The van der Waals surface area contributed by atoms with Crippen LogP contribution in [0.5, 0.6) is 0 Å². The Kier molecular flexibility index (Phi) is 4.44. The summed E-state index contributed by atoms with van der Waals surface area (Å²) >= 11 is 3.26. The van der Waals surface area contributed by atoms with Gasteiger partial charge < -0.3 is 10.6 Å². The third kappa shape index (κ3) is 3.28. The van der Waals surface area contributed by atoms with Crippen LogP contribution in [-0.2, 0) is 11.3 Å². The van der Waals surface area contributed by atoms with E-state index in [1.165, 1.54) is 11.0 Å². The van der Waals surface area contributed by atoms with Gasteiger partial charge >= 0.3 is 0 Å². The van der Waals surface area contributed by atoms with E-state index in [0.717, 1.165) is 4.47 Å².